The van der Waals surface area contributed by atoms with Crippen LogP contribution >= 0.6 is 11.6 Å². The van der Waals surface area contributed by atoms with E-state index in [4.69, 9.17) is 16.7 Å². The summed E-state index contributed by atoms with van der Waals surface area (Å²) in [6.07, 6.45) is 1.06. The molecule has 0 saturated carbocycles. The molecule has 0 radical (unpaired) electrons. The third-order valence-electron chi connectivity index (χ3n) is 2.51. The Balaban J connectivity index is 2.50. The van der Waals surface area contributed by atoms with E-state index >= 15 is 0 Å². The highest BCUT2D eigenvalue weighted by Crippen LogP contribution is 2.24. The van der Waals surface area contributed by atoms with Gasteiger partial charge in [-0.3, -0.25) is 19.7 Å². The maximum Gasteiger partial charge on any atom is 0.303 e. The van der Waals surface area contributed by atoms with Crippen LogP contribution in [0.15, 0.2) is 18.2 Å². The Kier molecular flexibility index (Phi) is 5.92. The van der Waals surface area contributed by atoms with Crippen molar-refractivity contribution in [2.24, 2.45) is 0 Å². The van der Waals surface area contributed by atoms with Gasteiger partial charge in [0.25, 0.3) is 11.6 Å². The molecule has 0 aliphatic carbocycles. The number of unbranched alkanes of at least 4 members (excludes halogenated alkanes) is 1. The average molecular weight is 301 g/mol. The second-order valence-electron chi connectivity index (χ2n) is 4.03. The van der Waals surface area contributed by atoms with Gasteiger partial charge < -0.3 is 10.4 Å². The first-order valence-corrected chi connectivity index (χ1v) is 6.23. The summed E-state index contributed by atoms with van der Waals surface area (Å²) < 4.78 is 0. The van der Waals surface area contributed by atoms with Crippen molar-refractivity contribution in [2.75, 3.05) is 6.54 Å². The number of nitro groups is 1. The lowest BCUT2D eigenvalue weighted by molar-refractivity contribution is -0.384. The summed E-state index contributed by atoms with van der Waals surface area (Å²) in [7, 11) is 0. The van der Waals surface area contributed by atoms with Gasteiger partial charge in [0, 0.05) is 24.6 Å². The minimum absolute atomic E-state index is 0.0548. The van der Waals surface area contributed by atoms with E-state index in [1.807, 2.05) is 0 Å². The molecule has 1 aromatic carbocycles. The van der Waals surface area contributed by atoms with Crippen molar-refractivity contribution >= 4 is 29.2 Å². The third kappa shape index (κ3) is 4.85. The third-order valence-corrected chi connectivity index (χ3v) is 2.81. The van der Waals surface area contributed by atoms with E-state index in [9.17, 15) is 19.7 Å². The molecule has 0 heterocycles. The zero-order valence-corrected chi connectivity index (χ0v) is 11.2. The second-order valence-corrected chi connectivity index (χ2v) is 4.44. The van der Waals surface area contributed by atoms with Crippen molar-refractivity contribution in [1.29, 1.82) is 0 Å². The molecule has 1 rings (SSSR count). The standard InChI is InChI=1S/C12H13ClN2O5/c13-9-7-8(4-5-10(9)15(19)20)12(18)14-6-2-1-3-11(16)17/h4-5,7H,1-3,6H2,(H,14,18)(H,16,17). The van der Waals surface area contributed by atoms with E-state index in [1.165, 1.54) is 18.2 Å². The molecule has 0 unspecified atom stereocenters. The lowest BCUT2D eigenvalue weighted by Gasteiger charge is -2.05. The van der Waals surface area contributed by atoms with Crippen molar-refractivity contribution in [3.8, 4) is 0 Å². The fraction of sp³-hybridized carbons (Fsp3) is 0.333. The Labute approximate surface area is 119 Å². The first-order valence-electron chi connectivity index (χ1n) is 5.85. The van der Waals surface area contributed by atoms with Crippen molar-refractivity contribution in [1.82, 2.24) is 5.32 Å². The number of carbonyl (C=O) groups excluding carboxylic acids is 1. The van der Waals surface area contributed by atoms with Crippen LogP contribution in [0.4, 0.5) is 5.69 Å². The topological polar surface area (TPSA) is 110 Å². The molecule has 0 fully saturated rings. The first-order chi connectivity index (χ1) is 9.41. The second kappa shape index (κ2) is 7.44. The number of carbonyl (C=O) groups is 2. The van der Waals surface area contributed by atoms with Crippen LogP contribution in [0.2, 0.25) is 5.02 Å². The Morgan fingerprint density at radius 2 is 2.05 bits per heavy atom. The minimum Gasteiger partial charge on any atom is -0.481 e. The van der Waals surface area contributed by atoms with Gasteiger partial charge in [-0.25, -0.2) is 0 Å². The van der Waals surface area contributed by atoms with Gasteiger partial charge in [0.1, 0.15) is 5.02 Å². The van der Waals surface area contributed by atoms with Crippen LogP contribution < -0.4 is 5.32 Å². The van der Waals surface area contributed by atoms with Gasteiger partial charge in [-0.2, -0.15) is 0 Å². The average Bonchev–Trinajstić information content (AvgIpc) is 2.37. The predicted octanol–water partition coefficient (Wildman–Crippen LogP) is 2.23. The lowest BCUT2D eigenvalue weighted by atomic mass is 10.2. The molecule has 20 heavy (non-hydrogen) atoms. The van der Waals surface area contributed by atoms with Gasteiger partial charge in [-0.1, -0.05) is 11.6 Å². The first kappa shape index (κ1) is 15.9. The van der Waals surface area contributed by atoms with Gasteiger partial charge >= 0.3 is 5.97 Å². The SMILES string of the molecule is O=C(O)CCCCNC(=O)c1ccc([N+](=O)[O-])c(Cl)c1. The number of rotatable bonds is 7. The highest BCUT2D eigenvalue weighted by atomic mass is 35.5. The number of carboxylic acid groups (broad SMARTS) is 1. The van der Waals surface area contributed by atoms with Gasteiger partial charge in [0.05, 0.1) is 4.92 Å². The molecule has 2 N–H and O–H groups in total. The van der Waals surface area contributed by atoms with Crippen LogP contribution in [0.25, 0.3) is 0 Å². The Morgan fingerprint density at radius 3 is 2.60 bits per heavy atom. The summed E-state index contributed by atoms with van der Waals surface area (Å²) in [6, 6.07) is 3.71. The highest BCUT2D eigenvalue weighted by molar-refractivity contribution is 6.33. The molecule has 0 saturated heterocycles. The summed E-state index contributed by atoms with van der Waals surface area (Å²) in [6.45, 7) is 0.334. The summed E-state index contributed by atoms with van der Waals surface area (Å²) in [5.41, 5.74) is -0.0384. The Hall–Kier alpha value is -2.15. The van der Waals surface area contributed by atoms with Gasteiger partial charge in [0.15, 0.2) is 0 Å². The predicted molar refractivity (Wildman–Crippen MR) is 71.9 cm³/mol. The van der Waals surface area contributed by atoms with Crippen molar-refractivity contribution in [3.05, 3.63) is 38.9 Å². The summed E-state index contributed by atoms with van der Waals surface area (Å²) >= 11 is 5.70. The fourth-order valence-corrected chi connectivity index (χ4v) is 1.75. The van der Waals surface area contributed by atoms with Crippen LogP contribution in [-0.2, 0) is 4.79 Å². The molecule has 0 spiro atoms. The van der Waals surface area contributed by atoms with Crippen LogP contribution in [0.5, 0.6) is 0 Å². The number of carboxylic acids is 1. The number of nitrogens with zero attached hydrogens (tertiary/aromatic N) is 1. The number of nitro benzene ring substituents is 1. The molecule has 0 aliphatic rings. The molecule has 0 aliphatic heterocycles. The largest absolute Gasteiger partial charge is 0.481 e. The van der Waals surface area contributed by atoms with Crippen LogP contribution in [0.1, 0.15) is 29.6 Å². The molecule has 1 amide bonds. The quantitative estimate of drug-likeness (QED) is 0.456. The molecular formula is C12H13ClN2O5. The van der Waals surface area contributed by atoms with E-state index in [0.29, 0.717) is 19.4 Å². The molecule has 0 atom stereocenters. The maximum absolute atomic E-state index is 11.7. The Bertz CT molecular complexity index is 533. The van der Waals surface area contributed by atoms with Crippen LogP contribution in [0, 0.1) is 10.1 Å². The van der Waals surface area contributed by atoms with Crippen LogP contribution in [0.3, 0.4) is 0 Å². The van der Waals surface area contributed by atoms with Gasteiger partial charge in [-0.15, -0.1) is 0 Å². The summed E-state index contributed by atoms with van der Waals surface area (Å²) in [5.74, 6) is -1.28. The zero-order valence-electron chi connectivity index (χ0n) is 10.5. The summed E-state index contributed by atoms with van der Waals surface area (Å²) in [5, 5.41) is 21.5. The van der Waals surface area contributed by atoms with Gasteiger partial charge in [-0.05, 0) is 25.0 Å². The number of nitrogens with one attached hydrogen (secondary N) is 1. The van der Waals surface area contributed by atoms with E-state index in [0.717, 1.165) is 0 Å². The van der Waals surface area contributed by atoms with E-state index < -0.39 is 16.8 Å². The number of amides is 1. The lowest BCUT2D eigenvalue weighted by Crippen LogP contribution is -2.24. The highest BCUT2D eigenvalue weighted by Gasteiger charge is 2.14. The fourth-order valence-electron chi connectivity index (χ4n) is 1.50. The molecule has 108 valence electrons. The van der Waals surface area contributed by atoms with Crippen LogP contribution in [-0.4, -0.2) is 28.5 Å². The zero-order chi connectivity index (χ0) is 15.1. The van der Waals surface area contributed by atoms with E-state index in [-0.39, 0.29) is 22.7 Å². The smallest absolute Gasteiger partial charge is 0.303 e. The molecule has 0 aromatic heterocycles. The number of aliphatic carboxylic acids is 1. The molecule has 8 heteroatoms. The number of hydrogen-bond donors (Lipinski definition) is 2. The molecular weight excluding hydrogens is 288 g/mol. The number of benzene rings is 1. The van der Waals surface area contributed by atoms with Crippen molar-refractivity contribution in [2.45, 2.75) is 19.3 Å². The molecule has 1 aromatic rings. The normalized spacial score (nSPS) is 10.1. The molecule has 7 nitrogen and oxygen atoms in total. The monoisotopic (exact) mass is 300 g/mol. The minimum atomic E-state index is -0.876. The number of hydrogen-bond acceptors (Lipinski definition) is 4. The number of halogens is 1. The van der Waals surface area contributed by atoms with Crippen molar-refractivity contribution in [3.63, 3.8) is 0 Å². The Morgan fingerprint density at radius 1 is 1.35 bits per heavy atom. The van der Waals surface area contributed by atoms with E-state index in [2.05, 4.69) is 5.32 Å². The van der Waals surface area contributed by atoms with E-state index in [1.54, 1.807) is 0 Å². The summed E-state index contributed by atoms with van der Waals surface area (Å²) in [4.78, 5) is 31.9. The molecule has 0 bridgehead atoms. The maximum atomic E-state index is 11.7. The van der Waals surface area contributed by atoms with Crippen molar-refractivity contribution < 1.29 is 19.6 Å². The van der Waals surface area contributed by atoms with Gasteiger partial charge in [0.2, 0.25) is 0 Å².